The lowest BCUT2D eigenvalue weighted by Crippen LogP contribution is -2.24. The predicted octanol–water partition coefficient (Wildman–Crippen LogP) is 7.88. The monoisotopic (exact) mass is 686 g/mol. The lowest BCUT2D eigenvalue weighted by Gasteiger charge is -2.20. The van der Waals surface area contributed by atoms with Crippen molar-refractivity contribution < 1.29 is 24.0 Å². The fourth-order valence-corrected chi connectivity index (χ4v) is 6.53. The molecule has 2 saturated carbocycles. The molecule has 6 rings (SSSR count). The molecule has 0 aliphatic heterocycles. The van der Waals surface area contributed by atoms with Crippen molar-refractivity contribution in [1.82, 2.24) is 4.98 Å². The van der Waals surface area contributed by atoms with E-state index in [1.165, 1.54) is 12.1 Å². The standard InChI is InChI=1S/C40H42N6O5/c47-36(26-10-4-1-5-11-26)41-31-20-16-29(17-21-31)38(49)43-33-24-34(45-39(50)28-14-8-3-9-15-28)44-35(25-33)46-40(51)30-18-22-32(23-19-30)42-37(48)27-12-6-2-7-13-27/h3,8-9,14-27H,1-2,4-7,10-13H2,(H,41,47)(H,42,48)(H3,43,44,45,46,49,50,51). The summed E-state index contributed by atoms with van der Waals surface area (Å²) in [6, 6.07) is 24.8. The average molecular weight is 687 g/mol. The number of nitrogens with one attached hydrogen (secondary N) is 5. The van der Waals surface area contributed by atoms with Gasteiger partial charge in [-0.25, -0.2) is 4.98 Å². The molecule has 262 valence electrons. The van der Waals surface area contributed by atoms with Crippen molar-refractivity contribution in [2.45, 2.75) is 64.2 Å². The number of hydrogen-bond acceptors (Lipinski definition) is 6. The van der Waals surface area contributed by atoms with E-state index < -0.39 is 17.7 Å². The second-order valence-corrected chi connectivity index (χ2v) is 13.2. The number of anilines is 5. The van der Waals surface area contributed by atoms with Gasteiger partial charge in [0.1, 0.15) is 11.6 Å². The van der Waals surface area contributed by atoms with Crippen molar-refractivity contribution >= 4 is 58.2 Å². The zero-order chi connectivity index (χ0) is 35.6. The summed E-state index contributed by atoms with van der Waals surface area (Å²) < 4.78 is 0. The van der Waals surface area contributed by atoms with Crippen LogP contribution < -0.4 is 26.6 Å². The van der Waals surface area contributed by atoms with Crippen LogP contribution in [0.15, 0.2) is 91.0 Å². The van der Waals surface area contributed by atoms with Crippen LogP contribution in [0.5, 0.6) is 0 Å². The molecule has 51 heavy (non-hydrogen) atoms. The molecule has 0 unspecified atom stereocenters. The van der Waals surface area contributed by atoms with Gasteiger partial charge in [0.2, 0.25) is 11.8 Å². The number of carbonyl (C=O) groups is 5. The van der Waals surface area contributed by atoms with Crippen LogP contribution >= 0.6 is 0 Å². The first-order valence-electron chi connectivity index (χ1n) is 17.6. The van der Waals surface area contributed by atoms with E-state index in [1.54, 1.807) is 78.9 Å². The summed E-state index contributed by atoms with van der Waals surface area (Å²) in [7, 11) is 0. The highest BCUT2D eigenvalue weighted by Gasteiger charge is 2.22. The second-order valence-electron chi connectivity index (χ2n) is 13.2. The van der Waals surface area contributed by atoms with Crippen LogP contribution in [0.25, 0.3) is 0 Å². The Morgan fingerprint density at radius 2 is 0.824 bits per heavy atom. The van der Waals surface area contributed by atoms with Crippen LogP contribution in [0.4, 0.5) is 28.7 Å². The molecular weight excluding hydrogens is 644 g/mol. The van der Waals surface area contributed by atoms with Crippen molar-refractivity contribution in [3.63, 3.8) is 0 Å². The third-order valence-electron chi connectivity index (χ3n) is 9.38. The summed E-state index contributed by atoms with van der Waals surface area (Å²) >= 11 is 0. The minimum atomic E-state index is -0.470. The lowest BCUT2D eigenvalue weighted by molar-refractivity contribution is -0.121. The molecule has 2 aliphatic rings. The topological polar surface area (TPSA) is 158 Å². The first-order valence-corrected chi connectivity index (χ1v) is 17.6. The van der Waals surface area contributed by atoms with Gasteiger partial charge in [-0.15, -0.1) is 0 Å². The normalized spacial score (nSPS) is 14.9. The van der Waals surface area contributed by atoms with Gasteiger partial charge >= 0.3 is 0 Å². The fraction of sp³-hybridized carbons (Fsp3) is 0.300. The first kappa shape index (κ1) is 35.0. The van der Waals surface area contributed by atoms with Crippen LogP contribution in [0.1, 0.15) is 95.3 Å². The summed E-state index contributed by atoms with van der Waals surface area (Å²) in [6.07, 6.45) is 10.1. The smallest absolute Gasteiger partial charge is 0.256 e. The Balaban J connectivity index is 1.14. The summed E-state index contributed by atoms with van der Waals surface area (Å²) in [5, 5.41) is 14.2. The highest BCUT2D eigenvalue weighted by molar-refractivity contribution is 6.08. The van der Waals surface area contributed by atoms with Gasteiger partial charge < -0.3 is 26.6 Å². The maximum absolute atomic E-state index is 13.3. The summed E-state index contributed by atoms with van der Waals surface area (Å²) in [4.78, 5) is 69.3. The molecule has 0 saturated heterocycles. The lowest BCUT2D eigenvalue weighted by atomic mass is 9.88. The van der Waals surface area contributed by atoms with Crippen LogP contribution in [0, 0.1) is 11.8 Å². The Morgan fingerprint density at radius 1 is 0.431 bits per heavy atom. The second kappa shape index (κ2) is 16.7. The van der Waals surface area contributed by atoms with Gasteiger partial charge in [0.05, 0.1) is 0 Å². The number of carbonyl (C=O) groups excluding carboxylic acids is 5. The third-order valence-corrected chi connectivity index (χ3v) is 9.38. The van der Waals surface area contributed by atoms with E-state index in [2.05, 4.69) is 31.6 Å². The Hall–Kier alpha value is -5.84. The van der Waals surface area contributed by atoms with Crippen molar-refractivity contribution in [2.75, 3.05) is 26.6 Å². The third kappa shape index (κ3) is 9.66. The van der Waals surface area contributed by atoms with Crippen molar-refractivity contribution in [1.29, 1.82) is 0 Å². The van der Waals surface area contributed by atoms with Crippen molar-refractivity contribution in [2.24, 2.45) is 11.8 Å². The largest absolute Gasteiger partial charge is 0.326 e. The molecule has 11 heteroatoms. The first-order chi connectivity index (χ1) is 24.8. The highest BCUT2D eigenvalue weighted by atomic mass is 16.2. The number of benzene rings is 3. The minimum Gasteiger partial charge on any atom is -0.326 e. The molecule has 0 bridgehead atoms. The van der Waals surface area contributed by atoms with Crippen LogP contribution in [0.3, 0.4) is 0 Å². The van der Waals surface area contributed by atoms with Gasteiger partial charge in [-0.1, -0.05) is 56.7 Å². The molecule has 11 nitrogen and oxygen atoms in total. The number of amides is 5. The molecule has 3 aromatic carbocycles. The highest BCUT2D eigenvalue weighted by Crippen LogP contribution is 2.27. The van der Waals surface area contributed by atoms with Gasteiger partial charge in [-0.2, -0.15) is 0 Å². The Kier molecular flexibility index (Phi) is 11.5. The average Bonchev–Trinajstić information content (AvgIpc) is 3.16. The van der Waals surface area contributed by atoms with Crippen molar-refractivity contribution in [3.05, 3.63) is 108 Å². The molecule has 1 heterocycles. The van der Waals surface area contributed by atoms with E-state index in [4.69, 9.17) is 0 Å². The molecular formula is C40H42N6O5. The van der Waals surface area contributed by atoms with Gasteiger partial charge in [0.25, 0.3) is 17.7 Å². The maximum atomic E-state index is 13.3. The summed E-state index contributed by atoms with van der Waals surface area (Å²) in [5.74, 6) is -1.10. The Bertz CT molecular complexity index is 1760. The SMILES string of the molecule is O=C(Nc1cc(NC(=O)c2ccccc2)nc(NC(=O)c2ccc(NC(=O)C3CCCCC3)cc2)c1)c1ccc(NC(=O)C2CCCCC2)cc1. The van der Waals surface area contributed by atoms with E-state index in [9.17, 15) is 24.0 Å². The molecule has 4 aromatic rings. The number of rotatable bonds is 10. The maximum Gasteiger partial charge on any atom is 0.256 e. The number of aromatic nitrogens is 1. The summed E-state index contributed by atoms with van der Waals surface area (Å²) in [5.41, 5.74) is 2.58. The van der Waals surface area contributed by atoms with Crippen LogP contribution in [0.2, 0.25) is 0 Å². The molecule has 2 fully saturated rings. The molecule has 0 spiro atoms. The number of hydrogen-bond donors (Lipinski definition) is 5. The molecule has 0 radical (unpaired) electrons. The Labute approximate surface area is 297 Å². The zero-order valence-electron chi connectivity index (χ0n) is 28.4. The van der Waals surface area contributed by atoms with Gasteiger partial charge in [0.15, 0.2) is 0 Å². The van der Waals surface area contributed by atoms with E-state index in [1.807, 2.05) is 0 Å². The predicted molar refractivity (Wildman–Crippen MR) is 198 cm³/mol. The minimum absolute atomic E-state index is 0.000661. The fourth-order valence-electron chi connectivity index (χ4n) is 6.53. The molecule has 0 atom stereocenters. The number of nitrogens with zero attached hydrogens (tertiary/aromatic N) is 1. The summed E-state index contributed by atoms with van der Waals surface area (Å²) in [6.45, 7) is 0. The Morgan fingerprint density at radius 3 is 1.25 bits per heavy atom. The van der Waals surface area contributed by atoms with E-state index in [0.717, 1.165) is 64.2 Å². The van der Waals surface area contributed by atoms with E-state index >= 15 is 0 Å². The zero-order valence-corrected chi connectivity index (χ0v) is 28.4. The molecule has 5 amide bonds. The quantitative estimate of drug-likeness (QED) is 0.114. The van der Waals surface area contributed by atoms with E-state index in [0.29, 0.717) is 28.1 Å². The van der Waals surface area contributed by atoms with Crippen molar-refractivity contribution in [3.8, 4) is 0 Å². The van der Waals surface area contributed by atoms with E-state index in [-0.39, 0.29) is 41.0 Å². The van der Waals surface area contributed by atoms with Crippen LogP contribution in [-0.4, -0.2) is 34.5 Å². The van der Waals surface area contributed by atoms with Gasteiger partial charge in [-0.3, -0.25) is 24.0 Å². The molecule has 1 aromatic heterocycles. The van der Waals surface area contributed by atoms with Gasteiger partial charge in [-0.05, 0) is 86.3 Å². The molecule has 2 aliphatic carbocycles. The van der Waals surface area contributed by atoms with Gasteiger partial charge in [0, 0.05) is 57.7 Å². The molecule has 5 N–H and O–H groups in total. The number of pyridine rings is 1. The van der Waals surface area contributed by atoms with Crippen LogP contribution in [-0.2, 0) is 9.59 Å².